The summed E-state index contributed by atoms with van der Waals surface area (Å²) in [6, 6.07) is 0. The number of hydrogen-bond acceptors (Lipinski definition) is 6. The number of allylic oxidation sites excluding steroid dienone is 1. The van der Waals surface area contributed by atoms with Gasteiger partial charge in [0.2, 0.25) is 5.78 Å². The molecule has 8 atom stereocenters. The molecule has 178 valence electrons. The fraction of sp³-hybridized carbons (Fsp3) is 0.846. The van der Waals surface area contributed by atoms with Crippen LogP contribution in [0.4, 0.5) is 0 Å². The van der Waals surface area contributed by atoms with Crippen LogP contribution in [0, 0.1) is 28.6 Å². The van der Waals surface area contributed by atoms with Crippen molar-refractivity contribution in [2.75, 3.05) is 6.61 Å². The van der Waals surface area contributed by atoms with E-state index in [1.807, 2.05) is 13.8 Å². The van der Waals surface area contributed by atoms with E-state index in [0.29, 0.717) is 17.8 Å². The lowest BCUT2D eigenvalue weighted by Gasteiger charge is -2.59. The summed E-state index contributed by atoms with van der Waals surface area (Å²) in [5.74, 6) is -0.120. The molecule has 3 saturated carbocycles. The molecule has 0 spiro atoms. The Morgan fingerprint density at radius 3 is 2.62 bits per heavy atom. The highest BCUT2D eigenvalue weighted by Crippen LogP contribution is 2.70. The van der Waals surface area contributed by atoms with E-state index in [1.165, 1.54) is 12.5 Å². The molecule has 0 amide bonds. The van der Waals surface area contributed by atoms with Gasteiger partial charge in [-0.25, -0.2) is 0 Å². The lowest BCUT2D eigenvalue weighted by atomic mass is 9.46. The summed E-state index contributed by atoms with van der Waals surface area (Å²) in [4.78, 5) is 25.1. The maximum atomic E-state index is 13.7. The number of rotatable bonds is 3. The first-order valence-electron chi connectivity index (χ1n) is 12.4. The zero-order chi connectivity index (χ0) is 23.1. The third-order valence-electron chi connectivity index (χ3n) is 9.89. The van der Waals surface area contributed by atoms with Crippen LogP contribution >= 0.6 is 0 Å². The van der Waals surface area contributed by atoms with Crippen LogP contribution in [0.25, 0.3) is 0 Å². The fourth-order valence-corrected chi connectivity index (χ4v) is 8.52. The quantitative estimate of drug-likeness (QED) is 0.522. The molecule has 0 aromatic heterocycles. The van der Waals surface area contributed by atoms with Crippen LogP contribution in [0.1, 0.15) is 79.6 Å². The fourth-order valence-electron chi connectivity index (χ4n) is 8.52. The van der Waals surface area contributed by atoms with Gasteiger partial charge < -0.3 is 19.3 Å². The van der Waals surface area contributed by atoms with Gasteiger partial charge in [0.05, 0.1) is 12.2 Å². The molecule has 6 nitrogen and oxygen atoms in total. The molecule has 0 aromatic rings. The van der Waals surface area contributed by atoms with E-state index >= 15 is 0 Å². The zero-order valence-corrected chi connectivity index (χ0v) is 20.1. The number of aliphatic hydroxyl groups is 1. The second kappa shape index (κ2) is 7.13. The van der Waals surface area contributed by atoms with Crippen molar-refractivity contribution in [3.8, 4) is 0 Å². The summed E-state index contributed by atoms with van der Waals surface area (Å²) in [5, 5.41) is 10.2. The molecule has 5 rings (SSSR count). The van der Waals surface area contributed by atoms with Crippen LogP contribution in [0.2, 0.25) is 0 Å². The molecule has 1 heterocycles. The molecule has 1 aliphatic heterocycles. The summed E-state index contributed by atoms with van der Waals surface area (Å²) in [7, 11) is 0. The molecule has 4 fully saturated rings. The Labute approximate surface area is 191 Å². The number of esters is 1. The highest BCUT2D eigenvalue weighted by molar-refractivity contribution is 5.92. The molecule has 0 aromatic carbocycles. The second-order valence-electron chi connectivity index (χ2n) is 11.9. The van der Waals surface area contributed by atoms with E-state index in [2.05, 4.69) is 19.9 Å². The zero-order valence-electron chi connectivity index (χ0n) is 20.1. The van der Waals surface area contributed by atoms with Gasteiger partial charge in [0.1, 0.15) is 0 Å². The number of ether oxygens (including phenoxy) is 3. The average molecular weight is 447 g/mol. The predicted octanol–water partition coefficient (Wildman–Crippen LogP) is 3.94. The SMILES string of the molecule is CC(=O)OCC(=O)[C@]12OC(C)(C)O[C@@H]1C[C@H]1[C@H]3CC=C4C[C@@H](O)CC[C@]4(C)[C@H]3CC[C@]12C. The van der Waals surface area contributed by atoms with Gasteiger partial charge in [-0.2, -0.15) is 0 Å². The van der Waals surface area contributed by atoms with Crippen LogP contribution < -0.4 is 0 Å². The molecule has 1 saturated heterocycles. The Morgan fingerprint density at radius 2 is 1.91 bits per heavy atom. The first-order chi connectivity index (χ1) is 14.9. The molecule has 1 N–H and O–H groups in total. The highest BCUT2D eigenvalue weighted by Gasteiger charge is 2.75. The van der Waals surface area contributed by atoms with Crippen molar-refractivity contribution in [3.05, 3.63) is 11.6 Å². The topological polar surface area (TPSA) is 82.1 Å². The molecule has 6 heteroatoms. The summed E-state index contributed by atoms with van der Waals surface area (Å²) >= 11 is 0. The van der Waals surface area contributed by atoms with Crippen LogP contribution in [-0.2, 0) is 23.8 Å². The van der Waals surface area contributed by atoms with E-state index in [-0.39, 0.29) is 35.4 Å². The Bertz CT molecular complexity index is 862. The van der Waals surface area contributed by atoms with E-state index < -0.39 is 17.4 Å². The normalized spacial score (nSPS) is 48.7. The van der Waals surface area contributed by atoms with E-state index in [9.17, 15) is 14.7 Å². The summed E-state index contributed by atoms with van der Waals surface area (Å²) in [6.07, 6.45) is 8.29. The lowest BCUT2D eigenvalue weighted by Crippen LogP contribution is -2.61. The number of Topliss-reactive ketones (excluding diaryl/α,β-unsaturated/α-hetero) is 1. The van der Waals surface area contributed by atoms with E-state index in [1.54, 1.807) is 0 Å². The smallest absolute Gasteiger partial charge is 0.303 e. The second-order valence-corrected chi connectivity index (χ2v) is 11.9. The van der Waals surface area contributed by atoms with Crippen LogP contribution in [-0.4, -0.2) is 47.1 Å². The monoisotopic (exact) mass is 446 g/mol. The molecule has 0 bridgehead atoms. The van der Waals surface area contributed by atoms with Gasteiger partial charge in [0, 0.05) is 12.3 Å². The van der Waals surface area contributed by atoms with Crippen molar-refractivity contribution in [1.29, 1.82) is 0 Å². The first kappa shape index (κ1) is 22.5. The van der Waals surface area contributed by atoms with Crippen LogP contribution in [0.5, 0.6) is 0 Å². The standard InChI is InChI=1S/C26H38O6/c1-15(27)30-14-21(29)26-22(31-23(2,3)32-26)13-20-18-7-6-16-12-17(28)8-10-24(16,4)19(18)9-11-25(20,26)5/h6,17-20,22,28H,7-14H2,1-5H3/t17-,18-,19-,20-,22+,24-,25+,26-/m0/s1. The molecule has 5 aliphatic rings. The molecule has 4 aliphatic carbocycles. The average Bonchev–Trinajstić information content (AvgIpc) is 3.12. The van der Waals surface area contributed by atoms with Gasteiger partial charge in [0.15, 0.2) is 18.0 Å². The van der Waals surface area contributed by atoms with Gasteiger partial charge in [-0.1, -0.05) is 25.5 Å². The molecule has 0 unspecified atom stereocenters. The van der Waals surface area contributed by atoms with Crippen molar-refractivity contribution in [1.82, 2.24) is 0 Å². The summed E-state index contributed by atoms with van der Waals surface area (Å²) in [6.45, 7) is 9.44. The van der Waals surface area contributed by atoms with Gasteiger partial charge in [-0.3, -0.25) is 9.59 Å². The maximum Gasteiger partial charge on any atom is 0.303 e. The number of carbonyl (C=O) groups is 2. The number of ketones is 1. The lowest BCUT2D eigenvalue weighted by molar-refractivity contribution is -0.215. The molecule has 0 radical (unpaired) electrons. The van der Waals surface area contributed by atoms with Crippen molar-refractivity contribution in [3.63, 3.8) is 0 Å². The van der Waals surface area contributed by atoms with Crippen LogP contribution in [0.3, 0.4) is 0 Å². The minimum Gasteiger partial charge on any atom is -0.458 e. The summed E-state index contributed by atoms with van der Waals surface area (Å²) in [5.41, 5.74) is 0.139. The molecular weight excluding hydrogens is 408 g/mol. The highest BCUT2D eigenvalue weighted by atomic mass is 16.8. The molecular formula is C26H38O6. The number of aliphatic hydroxyl groups excluding tert-OH is 1. The van der Waals surface area contributed by atoms with Gasteiger partial charge >= 0.3 is 5.97 Å². The minimum atomic E-state index is -1.07. The van der Waals surface area contributed by atoms with E-state index in [4.69, 9.17) is 14.2 Å². The summed E-state index contributed by atoms with van der Waals surface area (Å²) < 4.78 is 18.1. The third kappa shape index (κ3) is 2.94. The Hall–Kier alpha value is -1.24. The predicted molar refractivity (Wildman–Crippen MR) is 118 cm³/mol. The largest absolute Gasteiger partial charge is 0.458 e. The third-order valence-corrected chi connectivity index (χ3v) is 9.89. The van der Waals surface area contributed by atoms with Gasteiger partial charge in [0.25, 0.3) is 0 Å². The molecule has 32 heavy (non-hydrogen) atoms. The van der Waals surface area contributed by atoms with Gasteiger partial charge in [-0.05, 0) is 82.0 Å². The van der Waals surface area contributed by atoms with Gasteiger partial charge in [-0.15, -0.1) is 0 Å². The minimum absolute atomic E-state index is 0.136. The van der Waals surface area contributed by atoms with Crippen molar-refractivity contribution < 1.29 is 28.9 Å². The number of hydrogen-bond donors (Lipinski definition) is 1. The first-order valence-corrected chi connectivity index (χ1v) is 12.4. The van der Waals surface area contributed by atoms with Crippen molar-refractivity contribution in [2.45, 2.75) is 103 Å². The Kier molecular flexibility index (Phi) is 5.02. The van der Waals surface area contributed by atoms with E-state index in [0.717, 1.165) is 44.9 Å². The van der Waals surface area contributed by atoms with Crippen LogP contribution in [0.15, 0.2) is 11.6 Å². The van der Waals surface area contributed by atoms with Crippen molar-refractivity contribution in [2.24, 2.45) is 28.6 Å². The Balaban J connectivity index is 1.51. The number of carbonyl (C=O) groups excluding carboxylic acids is 2. The Morgan fingerprint density at radius 1 is 1.16 bits per heavy atom. The van der Waals surface area contributed by atoms with Crippen molar-refractivity contribution >= 4 is 11.8 Å². The number of fused-ring (bicyclic) bond motifs is 7. The maximum absolute atomic E-state index is 13.7.